The van der Waals surface area contributed by atoms with E-state index in [1.165, 1.54) is 0 Å². The molecule has 0 radical (unpaired) electrons. The van der Waals surface area contributed by atoms with Crippen molar-refractivity contribution in [3.8, 4) is 0 Å². The molecular formula is C21H24ClN5O. The lowest BCUT2D eigenvalue weighted by atomic mass is 10.1. The third kappa shape index (κ3) is 3.61. The van der Waals surface area contributed by atoms with Crippen molar-refractivity contribution in [3.63, 3.8) is 0 Å². The average Bonchev–Trinajstić information content (AvgIpc) is 3.31. The van der Waals surface area contributed by atoms with Gasteiger partial charge in [0, 0.05) is 31.4 Å². The smallest absolute Gasteiger partial charge is 0.246 e. The third-order valence-corrected chi connectivity index (χ3v) is 6.16. The summed E-state index contributed by atoms with van der Waals surface area (Å²) in [4.78, 5) is 29.8. The number of rotatable bonds is 3. The fourth-order valence-electron chi connectivity index (χ4n) is 3.95. The summed E-state index contributed by atoms with van der Waals surface area (Å²) in [6.07, 6.45) is 6.38. The Kier molecular flexibility index (Phi) is 5.06. The molecule has 1 unspecified atom stereocenters. The molecule has 2 aliphatic rings. The Hall–Kier alpha value is -2.47. The number of anilines is 1. The molecule has 28 heavy (non-hydrogen) atoms. The van der Waals surface area contributed by atoms with E-state index >= 15 is 0 Å². The highest BCUT2D eigenvalue weighted by molar-refractivity contribution is 6.32. The summed E-state index contributed by atoms with van der Waals surface area (Å²) in [5, 5.41) is 0.703. The van der Waals surface area contributed by atoms with Gasteiger partial charge in [-0.15, -0.1) is 0 Å². The van der Waals surface area contributed by atoms with Gasteiger partial charge in [0.25, 0.3) is 0 Å². The van der Waals surface area contributed by atoms with Crippen molar-refractivity contribution in [2.45, 2.75) is 40.3 Å². The largest absolute Gasteiger partial charge is 0.356 e. The first-order chi connectivity index (χ1) is 13.4. The highest BCUT2D eigenvalue weighted by Gasteiger charge is 2.27. The lowest BCUT2D eigenvalue weighted by molar-refractivity contribution is -0.126. The fraction of sp³-hybridized carbons (Fsp3) is 0.429. The summed E-state index contributed by atoms with van der Waals surface area (Å²) in [6, 6.07) is 2.00. The number of carbonyl (C=O) groups is 1. The summed E-state index contributed by atoms with van der Waals surface area (Å²) in [7, 11) is 0. The van der Waals surface area contributed by atoms with Crippen molar-refractivity contribution in [1.82, 2.24) is 19.9 Å². The molecule has 0 saturated carbocycles. The van der Waals surface area contributed by atoms with Crippen LogP contribution in [0.1, 0.15) is 34.6 Å². The van der Waals surface area contributed by atoms with Gasteiger partial charge in [-0.1, -0.05) is 17.7 Å². The van der Waals surface area contributed by atoms with Crippen LogP contribution in [0.5, 0.6) is 0 Å². The van der Waals surface area contributed by atoms with Crippen LogP contribution in [0, 0.1) is 26.7 Å². The van der Waals surface area contributed by atoms with Gasteiger partial charge in [-0.3, -0.25) is 9.78 Å². The highest BCUT2D eigenvalue weighted by Crippen LogP contribution is 2.31. The van der Waals surface area contributed by atoms with E-state index in [-0.39, 0.29) is 5.91 Å². The van der Waals surface area contributed by atoms with Crippen LogP contribution in [-0.2, 0) is 17.9 Å². The maximum atomic E-state index is 12.7. The van der Waals surface area contributed by atoms with E-state index < -0.39 is 0 Å². The molecule has 0 bridgehead atoms. The number of aromatic nitrogens is 3. The number of carbonyl (C=O) groups excluding carboxylic acids is 1. The second kappa shape index (κ2) is 7.51. The van der Waals surface area contributed by atoms with Gasteiger partial charge in [-0.2, -0.15) is 0 Å². The first-order valence-electron chi connectivity index (χ1n) is 9.57. The van der Waals surface area contributed by atoms with Gasteiger partial charge in [0.2, 0.25) is 5.91 Å². The van der Waals surface area contributed by atoms with Gasteiger partial charge in [0.15, 0.2) is 0 Å². The standard InChI is InChI=1S/C21H24ClN5O/c1-13-8-19(24-12-23-13)26-7-6-16(9-26)4-5-20(28)27-10-17-14(2)21(22)15(3)25-18(17)11-27/h4-5,8,12,16H,6-7,9-11H2,1-3H3/b5-4+. The van der Waals surface area contributed by atoms with Crippen LogP contribution in [-0.4, -0.2) is 38.8 Å². The van der Waals surface area contributed by atoms with Crippen LogP contribution in [0.2, 0.25) is 5.02 Å². The molecule has 0 aromatic carbocycles. The number of pyridine rings is 1. The molecule has 4 heterocycles. The Bertz CT molecular complexity index is 958. The molecule has 7 heteroatoms. The van der Waals surface area contributed by atoms with Gasteiger partial charge >= 0.3 is 0 Å². The molecule has 0 aliphatic carbocycles. The van der Waals surface area contributed by atoms with E-state index in [4.69, 9.17) is 11.6 Å². The molecule has 146 valence electrons. The van der Waals surface area contributed by atoms with Crippen LogP contribution in [0.3, 0.4) is 0 Å². The Morgan fingerprint density at radius 1 is 1.25 bits per heavy atom. The van der Waals surface area contributed by atoms with E-state index in [0.717, 1.165) is 53.5 Å². The first-order valence-corrected chi connectivity index (χ1v) is 9.95. The Morgan fingerprint density at radius 2 is 2.07 bits per heavy atom. The van der Waals surface area contributed by atoms with Crippen molar-refractivity contribution in [2.24, 2.45) is 5.92 Å². The normalized spacial score (nSPS) is 18.9. The second-order valence-electron chi connectivity index (χ2n) is 7.63. The van der Waals surface area contributed by atoms with Crippen molar-refractivity contribution < 1.29 is 4.79 Å². The third-order valence-electron chi connectivity index (χ3n) is 5.60. The molecule has 1 saturated heterocycles. The maximum Gasteiger partial charge on any atom is 0.246 e. The fourth-order valence-corrected chi connectivity index (χ4v) is 4.11. The molecule has 6 nitrogen and oxygen atoms in total. The minimum absolute atomic E-state index is 0.0301. The Morgan fingerprint density at radius 3 is 2.86 bits per heavy atom. The zero-order valence-electron chi connectivity index (χ0n) is 16.4. The first kappa shape index (κ1) is 18.9. The molecule has 1 amide bonds. The monoisotopic (exact) mass is 397 g/mol. The quantitative estimate of drug-likeness (QED) is 0.743. The number of nitrogens with zero attached hydrogens (tertiary/aromatic N) is 5. The maximum absolute atomic E-state index is 12.7. The molecule has 2 aromatic heterocycles. The summed E-state index contributed by atoms with van der Waals surface area (Å²) in [6.45, 7) is 8.82. The minimum Gasteiger partial charge on any atom is -0.356 e. The van der Waals surface area contributed by atoms with Gasteiger partial charge in [0.05, 0.1) is 23.0 Å². The Balaban J connectivity index is 1.38. The van der Waals surface area contributed by atoms with Crippen molar-refractivity contribution in [2.75, 3.05) is 18.0 Å². The molecule has 1 atom stereocenters. The number of hydrogen-bond acceptors (Lipinski definition) is 5. The zero-order valence-corrected chi connectivity index (χ0v) is 17.2. The minimum atomic E-state index is 0.0301. The molecule has 1 fully saturated rings. The van der Waals surface area contributed by atoms with Crippen molar-refractivity contribution in [1.29, 1.82) is 0 Å². The molecule has 4 rings (SSSR count). The van der Waals surface area contributed by atoms with Gasteiger partial charge in [0.1, 0.15) is 12.1 Å². The lowest BCUT2D eigenvalue weighted by Crippen LogP contribution is -2.24. The van der Waals surface area contributed by atoms with Crippen molar-refractivity contribution in [3.05, 3.63) is 57.8 Å². The predicted molar refractivity (Wildman–Crippen MR) is 109 cm³/mol. The van der Waals surface area contributed by atoms with Crippen LogP contribution in [0.25, 0.3) is 0 Å². The summed E-state index contributed by atoms with van der Waals surface area (Å²) in [5.74, 6) is 1.33. The number of fused-ring (bicyclic) bond motifs is 1. The molecule has 2 aromatic rings. The highest BCUT2D eigenvalue weighted by atomic mass is 35.5. The van der Waals surface area contributed by atoms with E-state index in [9.17, 15) is 4.79 Å². The van der Waals surface area contributed by atoms with Gasteiger partial charge in [-0.25, -0.2) is 9.97 Å². The number of halogens is 1. The van der Waals surface area contributed by atoms with Crippen LogP contribution >= 0.6 is 11.6 Å². The SMILES string of the molecule is Cc1cc(N2CCC(/C=C/C(=O)N3Cc4nc(C)c(Cl)c(C)c4C3)C2)ncn1. The number of hydrogen-bond donors (Lipinski definition) is 0. The second-order valence-corrected chi connectivity index (χ2v) is 8.01. The van der Waals surface area contributed by atoms with Crippen LogP contribution in [0.15, 0.2) is 24.5 Å². The lowest BCUT2D eigenvalue weighted by Gasteiger charge is -2.16. The van der Waals surface area contributed by atoms with E-state index in [1.54, 1.807) is 12.4 Å². The van der Waals surface area contributed by atoms with E-state index in [2.05, 4.69) is 19.9 Å². The molecule has 0 N–H and O–H groups in total. The summed E-state index contributed by atoms with van der Waals surface area (Å²) in [5.41, 5.74) is 4.88. The van der Waals surface area contributed by atoms with E-state index in [1.807, 2.05) is 37.8 Å². The van der Waals surface area contributed by atoms with Gasteiger partial charge in [-0.05, 0) is 50.3 Å². The molecule has 0 spiro atoms. The Labute approximate surface area is 170 Å². The van der Waals surface area contributed by atoms with E-state index in [0.29, 0.717) is 24.0 Å². The molecule has 2 aliphatic heterocycles. The van der Waals surface area contributed by atoms with Gasteiger partial charge < -0.3 is 9.80 Å². The zero-order chi connectivity index (χ0) is 19.8. The van der Waals surface area contributed by atoms with Crippen molar-refractivity contribution >= 4 is 23.3 Å². The predicted octanol–water partition coefficient (Wildman–Crippen LogP) is 3.38. The van der Waals surface area contributed by atoms with Crippen LogP contribution < -0.4 is 4.90 Å². The summed E-state index contributed by atoms with van der Waals surface area (Å²) >= 11 is 6.32. The average molecular weight is 398 g/mol. The topological polar surface area (TPSA) is 62.2 Å². The number of amides is 1. The molecular weight excluding hydrogens is 374 g/mol. The summed E-state index contributed by atoms with van der Waals surface area (Å²) < 4.78 is 0. The number of aryl methyl sites for hydroxylation is 2. The van der Waals surface area contributed by atoms with Crippen LogP contribution in [0.4, 0.5) is 5.82 Å².